The average Bonchev–Trinajstić information content (AvgIpc) is 2.95. The fraction of sp³-hybridized carbons (Fsp3) is 0.231. The van der Waals surface area contributed by atoms with Crippen LogP contribution in [0.15, 0.2) is 28.7 Å². The van der Waals surface area contributed by atoms with Gasteiger partial charge in [0.2, 0.25) is 0 Å². The third kappa shape index (κ3) is 2.29. The lowest BCUT2D eigenvalue weighted by molar-refractivity contribution is 0.353. The first-order chi connectivity index (χ1) is 8.65. The van der Waals surface area contributed by atoms with Gasteiger partial charge in [0, 0.05) is 21.3 Å². The molecule has 0 bridgehead atoms. The number of ether oxygens (including phenoxy) is 1. The van der Waals surface area contributed by atoms with E-state index in [-0.39, 0.29) is 5.38 Å². The molecule has 1 aromatic heterocycles. The predicted molar refractivity (Wildman–Crippen MR) is 80.4 cm³/mol. The SMILES string of the molecule is Clc1ccc(C(Cl)c2cc(Br)cc3c2OCC3)s1. The van der Waals surface area contributed by atoms with Crippen molar-refractivity contribution in [3.05, 3.63) is 49.1 Å². The molecule has 0 spiro atoms. The maximum absolute atomic E-state index is 6.55. The molecule has 1 aromatic carbocycles. The molecule has 0 saturated carbocycles. The summed E-state index contributed by atoms with van der Waals surface area (Å²) >= 11 is 17.5. The summed E-state index contributed by atoms with van der Waals surface area (Å²) in [5.74, 6) is 0.933. The van der Waals surface area contributed by atoms with Gasteiger partial charge in [0.05, 0.1) is 16.3 Å². The minimum Gasteiger partial charge on any atom is -0.493 e. The summed E-state index contributed by atoms with van der Waals surface area (Å²) in [4.78, 5) is 1.04. The number of alkyl halides is 1. The number of hydrogen-bond donors (Lipinski definition) is 0. The summed E-state index contributed by atoms with van der Waals surface area (Å²) in [6.45, 7) is 0.730. The van der Waals surface area contributed by atoms with Crippen LogP contribution in [0.1, 0.15) is 21.4 Å². The van der Waals surface area contributed by atoms with Crippen molar-refractivity contribution >= 4 is 50.5 Å². The Hall–Kier alpha value is -0.220. The van der Waals surface area contributed by atoms with Crippen molar-refractivity contribution < 1.29 is 4.74 Å². The lowest BCUT2D eigenvalue weighted by Crippen LogP contribution is -1.95. The monoisotopic (exact) mass is 362 g/mol. The van der Waals surface area contributed by atoms with Gasteiger partial charge < -0.3 is 4.74 Å². The van der Waals surface area contributed by atoms with E-state index in [9.17, 15) is 0 Å². The molecule has 3 rings (SSSR count). The molecule has 1 unspecified atom stereocenters. The van der Waals surface area contributed by atoms with Crippen LogP contribution in [-0.2, 0) is 6.42 Å². The highest BCUT2D eigenvalue weighted by molar-refractivity contribution is 9.10. The Morgan fingerprint density at radius 2 is 2.17 bits per heavy atom. The highest BCUT2D eigenvalue weighted by atomic mass is 79.9. The summed E-state index contributed by atoms with van der Waals surface area (Å²) in [5.41, 5.74) is 2.23. The molecule has 1 aliphatic heterocycles. The van der Waals surface area contributed by atoms with E-state index in [1.165, 1.54) is 16.9 Å². The first-order valence-corrected chi connectivity index (χ1v) is 7.92. The van der Waals surface area contributed by atoms with E-state index < -0.39 is 0 Å². The maximum atomic E-state index is 6.55. The lowest BCUT2D eigenvalue weighted by Gasteiger charge is -2.13. The number of halogens is 3. The van der Waals surface area contributed by atoms with Crippen molar-refractivity contribution in [2.24, 2.45) is 0 Å². The van der Waals surface area contributed by atoms with E-state index >= 15 is 0 Å². The largest absolute Gasteiger partial charge is 0.493 e. The Kier molecular flexibility index (Phi) is 3.59. The standard InChI is InChI=1S/C13H9BrCl2OS/c14-8-5-7-3-4-17-13(7)9(6-8)12(16)10-1-2-11(15)18-10/h1-2,5-6,12H,3-4H2. The van der Waals surface area contributed by atoms with Crippen LogP contribution in [0.2, 0.25) is 4.34 Å². The maximum Gasteiger partial charge on any atom is 0.127 e. The van der Waals surface area contributed by atoms with E-state index in [1.54, 1.807) is 0 Å². The van der Waals surface area contributed by atoms with Crippen LogP contribution in [0.25, 0.3) is 0 Å². The summed E-state index contributed by atoms with van der Waals surface area (Å²) < 4.78 is 7.49. The van der Waals surface area contributed by atoms with Gasteiger partial charge in [-0.15, -0.1) is 22.9 Å². The van der Waals surface area contributed by atoms with Crippen LogP contribution >= 0.6 is 50.5 Å². The third-order valence-corrected chi connectivity index (χ3v) is 5.25. The van der Waals surface area contributed by atoms with Gasteiger partial charge in [0.25, 0.3) is 0 Å². The molecule has 0 aliphatic carbocycles. The zero-order chi connectivity index (χ0) is 12.7. The van der Waals surface area contributed by atoms with Gasteiger partial charge in [-0.25, -0.2) is 0 Å². The van der Waals surface area contributed by atoms with Crippen molar-refractivity contribution in [1.82, 2.24) is 0 Å². The number of thiophene rings is 1. The van der Waals surface area contributed by atoms with Crippen LogP contribution in [0, 0.1) is 0 Å². The van der Waals surface area contributed by atoms with Crippen LogP contribution in [0.4, 0.5) is 0 Å². The molecule has 94 valence electrons. The Bertz CT molecular complexity index is 597. The van der Waals surface area contributed by atoms with Gasteiger partial charge >= 0.3 is 0 Å². The quantitative estimate of drug-likeness (QED) is 0.646. The van der Waals surface area contributed by atoms with Gasteiger partial charge in [-0.3, -0.25) is 0 Å². The molecule has 0 amide bonds. The first-order valence-electron chi connectivity index (χ1n) is 5.49. The summed E-state index contributed by atoms with van der Waals surface area (Å²) in [6, 6.07) is 7.95. The van der Waals surface area contributed by atoms with Gasteiger partial charge in [0.1, 0.15) is 5.75 Å². The summed E-state index contributed by atoms with van der Waals surface area (Å²) in [6.07, 6.45) is 0.941. The van der Waals surface area contributed by atoms with E-state index in [2.05, 4.69) is 22.0 Å². The smallest absolute Gasteiger partial charge is 0.127 e. The molecule has 1 atom stereocenters. The predicted octanol–water partition coefficient (Wildman–Crippen LogP) is 5.43. The fourth-order valence-corrected chi connectivity index (χ4v) is 4.05. The highest BCUT2D eigenvalue weighted by Gasteiger charge is 2.24. The second kappa shape index (κ2) is 5.04. The molecule has 0 fully saturated rings. The van der Waals surface area contributed by atoms with Crippen molar-refractivity contribution in [2.75, 3.05) is 6.61 Å². The Morgan fingerprint density at radius 3 is 2.89 bits per heavy atom. The van der Waals surface area contributed by atoms with Crippen molar-refractivity contribution in [3.63, 3.8) is 0 Å². The molecule has 0 saturated heterocycles. The summed E-state index contributed by atoms with van der Waals surface area (Å²) in [5, 5.41) is -0.216. The molecule has 0 radical (unpaired) electrons. The Morgan fingerprint density at radius 1 is 1.33 bits per heavy atom. The molecule has 0 N–H and O–H groups in total. The van der Waals surface area contributed by atoms with Crippen LogP contribution in [-0.4, -0.2) is 6.61 Å². The first kappa shape index (κ1) is 12.8. The van der Waals surface area contributed by atoms with Crippen LogP contribution in [0.3, 0.4) is 0 Å². The lowest BCUT2D eigenvalue weighted by atomic mass is 10.0. The molecular formula is C13H9BrCl2OS. The molecular weight excluding hydrogens is 355 g/mol. The fourth-order valence-electron chi connectivity index (χ4n) is 2.10. The number of fused-ring (bicyclic) bond motifs is 1. The minimum absolute atomic E-state index is 0.216. The molecule has 1 nitrogen and oxygen atoms in total. The summed E-state index contributed by atoms with van der Waals surface area (Å²) in [7, 11) is 0. The zero-order valence-electron chi connectivity index (χ0n) is 9.25. The van der Waals surface area contributed by atoms with Gasteiger partial charge in [-0.05, 0) is 29.8 Å². The van der Waals surface area contributed by atoms with Crippen LogP contribution in [0.5, 0.6) is 5.75 Å². The van der Waals surface area contributed by atoms with Gasteiger partial charge in [-0.1, -0.05) is 27.5 Å². The van der Waals surface area contributed by atoms with Crippen molar-refractivity contribution in [2.45, 2.75) is 11.8 Å². The van der Waals surface area contributed by atoms with Crippen LogP contribution < -0.4 is 4.74 Å². The highest BCUT2D eigenvalue weighted by Crippen LogP contribution is 2.43. The number of rotatable bonds is 2. The molecule has 1 aliphatic rings. The normalized spacial score (nSPS) is 15.3. The van der Waals surface area contributed by atoms with E-state index in [0.717, 1.165) is 38.0 Å². The van der Waals surface area contributed by atoms with E-state index in [0.29, 0.717) is 0 Å². The zero-order valence-corrected chi connectivity index (χ0v) is 13.2. The Balaban J connectivity index is 2.06. The average molecular weight is 364 g/mol. The minimum atomic E-state index is -0.216. The second-order valence-corrected chi connectivity index (χ2v) is 7.18. The number of hydrogen-bond acceptors (Lipinski definition) is 2. The number of benzene rings is 1. The van der Waals surface area contributed by atoms with Crippen molar-refractivity contribution in [1.29, 1.82) is 0 Å². The van der Waals surface area contributed by atoms with Gasteiger partial charge in [0.15, 0.2) is 0 Å². The molecule has 5 heteroatoms. The molecule has 18 heavy (non-hydrogen) atoms. The van der Waals surface area contributed by atoms with Gasteiger partial charge in [-0.2, -0.15) is 0 Å². The second-order valence-electron chi connectivity index (χ2n) is 4.09. The van der Waals surface area contributed by atoms with E-state index in [4.69, 9.17) is 27.9 Å². The Labute approximate surface area is 128 Å². The van der Waals surface area contributed by atoms with E-state index in [1.807, 2.05) is 18.2 Å². The topological polar surface area (TPSA) is 9.23 Å². The molecule has 2 heterocycles. The van der Waals surface area contributed by atoms with Crippen molar-refractivity contribution in [3.8, 4) is 5.75 Å². The third-order valence-electron chi connectivity index (χ3n) is 2.89. The molecule has 2 aromatic rings.